The minimum absolute atomic E-state index is 1.06. The molecule has 1 heteroatoms. The molecule has 0 radical (unpaired) electrons. The first-order valence-corrected chi connectivity index (χ1v) is 10.4. The van der Waals surface area contributed by atoms with Gasteiger partial charge in [0.1, 0.15) is 0 Å². The van der Waals surface area contributed by atoms with Crippen molar-refractivity contribution in [2.24, 2.45) is 7.05 Å². The fourth-order valence-corrected chi connectivity index (χ4v) is 3.87. The van der Waals surface area contributed by atoms with Crippen LogP contribution in [0.1, 0.15) is 52.7 Å². The smallest absolute Gasteiger partial charge is 0.0495 e. The zero-order chi connectivity index (χ0) is 20.0. The Morgan fingerprint density at radius 1 is 0.630 bits per heavy atom. The molecule has 1 nitrogen and oxygen atoms in total. The summed E-state index contributed by atoms with van der Waals surface area (Å²) in [5, 5.41) is 2.78. The van der Waals surface area contributed by atoms with Crippen molar-refractivity contribution in [3.05, 3.63) is 71.8 Å². The molecule has 142 valence electrons. The first-order chi connectivity index (χ1) is 13.3. The van der Waals surface area contributed by atoms with Crippen molar-refractivity contribution < 1.29 is 0 Å². The minimum atomic E-state index is 1.06. The number of hydrogen-bond donors (Lipinski definition) is 0. The zero-order valence-corrected chi connectivity index (χ0v) is 17.9. The minimum Gasteiger partial charge on any atom is -0.344 e. The van der Waals surface area contributed by atoms with Gasteiger partial charge in [-0.2, -0.15) is 0 Å². The molecule has 0 atom stereocenters. The molecule has 0 saturated heterocycles. The van der Waals surface area contributed by atoms with E-state index >= 15 is 0 Å². The van der Waals surface area contributed by atoms with Crippen LogP contribution in [0.5, 0.6) is 0 Å². The molecule has 0 fully saturated rings. The molecular weight excluding hydrogens is 326 g/mol. The highest BCUT2D eigenvalue weighted by atomic mass is 14.9. The van der Waals surface area contributed by atoms with Crippen molar-refractivity contribution in [2.75, 3.05) is 0 Å². The SMILES string of the molecule is CC.CC.CC.Cn1c2ccccc2c2c3c(ccc21)Cc1ccccc1-3. The van der Waals surface area contributed by atoms with Crippen molar-refractivity contribution in [1.82, 2.24) is 4.57 Å². The van der Waals surface area contributed by atoms with E-state index < -0.39 is 0 Å². The van der Waals surface area contributed by atoms with Crippen LogP contribution >= 0.6 is 0 Å². The summed E-state index contributed by atoms with van der Waals surface area (Å²) < 4.78 is 2.31. The lowest BCUT2D eigenvalue weighted by atomic mass is 9.99. The van der Waals surface area contributed by atoms with E-state index in [0.29, 0.717) is 0 Å². The van der Waals surface area contributed by atoms with Gasteiger partial charge >= 0.3 is 0 Å². The average Bonchev–Trinajstić information content (AvgIpc) is 3.28. The topological polar surface area (TPSA) is 4.93 Å². The Morgan fingerprint density at radius 2 is 1.26 bits per heavy atom. The van der Waals surface area contributed by atoms with E-state index in [-0.39, 0.29) is 0 Å². The Bertz CT molecular complexity index is 1020. The van der Waals surface area contributed by atoms with Crippen molar-refractivity contribution in [1.29, 1.82) is 0 Å². The van der Waals surface area contributed by atoms with Gasteiger partial charge in [0.2, 0.25) is 0 Å². The molecule has 0 N–H and O–H groups in total. The number of benzene rings is 3. The lowest BCUT2D eigenvalue weighted by Gasteiger charge is -2.04. The molecule has 0 bridgehead atoms. The maximum atomic E-state index is 2.31. The van der Waals surface area contributed by atoms with Gasteiger partial charge in [0.25, 0.3) is 0 Å². The van der Waals surface area contributed by atoms with Gasteiger partial charge in [-0.1, -0.05) is 90.1 Å². The van der Waals surface area contributed by atoms with Crippen molar-refractivity contribution in [3.63, 3.8) is 0 Å². The molecule has 27 heavy (non-hydrogen) atoms. The normalized spacial score (nSPS) is 10.6. The van der Waals surface area contributed by atoms with Crippen LogP contribution in [-0.2, 0) is 13.5 Å². The van der Waals surface area contributed by atoms with Crippen LogP contribution < -0.4 is 0 Å². The van der Waals surface area contributed by atoms with E-state index in [1.807, 2.05) is 41.5 Å². The zero-order valence-electron chi connectivity index (χ0n) is 17.9. The van der Waals surface area contributed by atoms with Gasteiger partial charge in [0, 0.05) is 28.9 Å². The van der Waals surface area contributed by atoms with Gasteiger partial charge < -0.3 is 4.57 Å². The van der Waals surface area contributed by atoms with Crippen LogP contribution in [0.3, 0.4) is 0 Å². The third-order valence-electron chi connectivity index (χ3n) is 4.83. The highest BCUT2D eigenvalue weighted by molar-refractivity contribution is 6.16. The molecule has 0 saturated carbocycles. The molecule has 3 aromatic carbocycles. The third kappa shape index (κ3) is 3.39. The summed E-state index contributed by atoms with van der Waals surface area (Å²) in [5.74, 6) is 0. The molecule has 5 rings (SSSR count). The van der Waals surface area contributed by atoms with Crippen LogP contribution in [0.4, 0.5) is 0 Å². The number of aromatic nitrogens is 1. The number of hydrogen-bond acceptors (Lipinski definition) is 0. The maximum absolute atomic E-state index is 2.31. The van der Waals surface area contributed by atoms with Crippen LogP contribution in [0.15, 0.2) is 60.7 Å². The van der Waals surface area contributed by atoms with Crippen LogP contribution in [0.2, 0.25) is 0 Å². The standard InChI is InChI=1S/C20H15N.3C2H6/c1-21-17-9-5-4-8-16(17)20-18(21)11-10-14-12-13-6-2-3-7-15(13)19(14)20;3*1-2/h2-11H,12H2,1H3;3*1-2H3. The van der Waals surface area contributed by atoms with Crippen molar-refractivity contribution in [3.8, 4) is 11.1 Å². The lowest BCUT2D eigenvalue weighted by Crippen LogP contribution is -1.87. The Hall–Kier alpha value is -2.54. The van der Waals surface area contributed by atoms with Crippen LogP contribution in [-0.4, -0.2) is 4.57 Å². The molecule has 0 spiro atoms. The second-order valence-corrected chi connectivity index (χ2v) is 5.90. The highest BCUT2D eigenvalue weighted by Gasteiger charge is 2.22. The van der Waals surface area contributed by atoms with Crippen molar-refractivity contribution >= 4 is 21.8 Å². The van der Waals surface area contributed by atoms with Gasteiger partial charge in [0.15, 0.2) is 0 Å². The van der Waals surface area contributed by atoms with Crippen LogP contribution in [0.25, 0.3) is 32.9 Å². The summed E-state index contributed by atoms with van der Waals surface area (Å²) in [6.45, 7) is 12.0. The molecule has 1 aliphatic rings. The number of fused-ring (bicyclic) bond motifs is 7. The summed E-state index contributed by atoms with van der Waals surface area (Å²) in [4.78, 5) is 0. The van der Waals surface area contributed by atoms with Gasteiger partial charge in [-0.3, -0.25) is 0 Å². The Balaban J connectivity index is 0.000000400. The lowest BCUT2D eigenvalue weighted by molar-refractivity contribution is 1.01. The van der Waals surface area contributed by atoms with E-state index in [4.69, 9.17) is 0 Å². The molecule has 1 aromatic heterocycles. The van der Waals surface area contributed by atoms with Gasteiger partial charge in [-0.05, 0) is 40.8 Å². The number of nitrogens with zero attached hydrogens (tertiary/aromatic N) is 1. The van der Waals surface area contributed by atoms with Gasteiger partial charge in [-0.15, -0.1) is 0 Å². The van der Waals surface area contributed by atoms with Crippen LogP contribution in [0, 0.1) is 0 Å². The summed E-state index contributed by atoms with van der Waals surface area (Å²) in [5.41, 5.74) is 8.40. The van der Waals surface area contributed by atoms with E-state index in [0.717, 1.165) is 6.42 Å². The fraction of sp³-hybridized carbons (Fsp3) is 0.308. The van der Waals surface area contributed by atoms with Gasteiger partial charge in [0.05, 0.1) is 0 Å². The Kier molecular flexibility index (Phi) is 7.24. The second kappa shape index (κ2) is 9.41. The quantitative estimate of drug-likeness (QED) is 0.264. The predicted octanol–water partition coefficient (Wildman–Crippen LogP) is 7.98. The highest BCUT2D eigenvalue weighted by Crippen LogP contribution is 2.44. The number of para-hydroxylation sites is 1. The van der Waals surface area contributed by atoms with E-state index in [2.05, 4.69) is 72.3 Å². The second-order valence-electron chi connectivity index (χ2n) is 5.90. The largest absolute Gasteiger partial charge is 0.344 e. The summed E-state index contributed by atoms with van der Waals surface area (Å²) in [6, 6.07) is 22.1. The average molecular weight is 360 g/mol. The molecule has 4 aromatic rings. The maximum Gasteiger partial charge on any atom is 0.0495 e. The first kappa shape index (κ1) is 20.8. The Morgan fingerprint density at radius 3 is 2.00 bits per heavy atom. The number of rotatable bonds is 0. The molecule has 0 aliphatic heterocycles. The van der Waals surface area contributed by atoms with Crippen molar-refractivity contribution in [2.45, 2.75) is 48.0 Å². The number of aryl methyl sites for hydroxylation is 1. The molecule has 1 aliphatic carbocycles. The third-order valence-corrected chi connectivity index (χ3v) is 4.83. The molecule has 0 unspecified atom stereocenters. The van der Waals surface area contributed by atoms with E-state index in [1.165, 1.54) is 44.1 Å². The fourth-order valence-electron chi connectivity index (χ4n) is 3.87. The summed E-state index contributed by atoms with van der Waals surface area (Å²) in [6.07, 6.45) is 1.06. The first-order valence-electron chi connectivity index (χ1n) is 10.4. The molecular formula is C26H33N. The summed E-state index contributed by atoms with van der Waals surface area (Å²) in [7, 11) is 2.16. The monoisotopic (exact) mass is 359 g/mol. The van der Waals surface area contributed by atoms with E-state index in [1.54, 1.807) is 0 Å². The summed E-state index contributed by atoms with van der Waals surface area (Å²) >= 11 is 0. The Labute approximate surface area is 164 Å². The van der Waals surface area contributed by atoms with Gasteiger partial charge in [-0.25, -0.2) is 0 Å². The van der Waals surface area contributed by atoms with E-state index in [9.17, 15) is 0 Å². The predicted molar refractivity (Wildman–Crippen MR) is 123 cm³/mol. The molecule has 0 amide bonds. The molecule has 1 heterocycles.